The maximum atomic E-state index is 4.45. The van der Waals surface area contributed by atoms with E-state index in [1.165, 1.54) is 0 Å². The van der Waals surface area contributed by atoms with Crippen molar-refractivity contribution in [3.63, 3.8) is 0 Å². The van der Waals surface area contributed by atoms with Gasteiger partial charge in [-0.05, 0) is 19.2 Å². The fraction of sp³-hybridized carbons (Fsp3) is 0.364. The van der Waals surface area contributed by atoms with Gasteiger partial charge in [0, 0.05) is 24.3 Å². The van der Waals surface area contributed by atoms with Crippen LogP contribution in [-0.2, 0) is 6.54 Å². The van der Waals surface area contributed by atoms with E-state index >= 15 is 0 Å². The van der Waals surface area contributed by atoms with Gasteiger partial charge in [0.05, 0.1) is 6.54 Å². The van der Waals surface area contributed by atoms with Gasteiger partial charge < -0.3 is 4.90 Å². The molecule has 0 aliphatic carbocycles. The number of rotatable bonds is 4. The molecular formula is C11H14N4S2. The number of hydrogen-bond donors (Lipinski definition) is 0. The van der Waals surface area contributed by atoms with Crippen LogP contribution in [-0.4, -0.2) is 28.3 Å². The zero-order valence-electron chi connectivity index (χ0n) is 10.0. The molecule has 0 radical (unpaired) electrons. The molecule has 0 saturated heterocycles. The number of thioether (sulfide) groups is 1. The molecule has 2 aromatic heterocycles. The molecule has 0 aliphatic heterocycles. The fourth-order valence-corrected chi connectivity index (χ4v) is 2.58. The van der Waals surface area contributed by atoms with Crippen molar-refractivity contribution >= 4 is 28.9 Å². The van der Waals surface area contributed by atoms with Gasteiger partial charge in [-0.25, -0.2) is 15.0 Å². The van der Waals surface area contributed by atoms with Gasteiger partial charge in [-0.15, -0.1) is 11.3 Å². The van der Waals surface area contributed by atoms with Crippen LogP contribution in [0.15, 0.2) is 22.8 Å². The van der Waals surface area contributed by atoms with E-state index in [2.05, 4.69) is 25.2 Å². The van der Waals surface area contributed by atoms with E-state index in [0.29, 0.717) is 0 Å². The van der Waals surface area contributed by atoms with E-state index in [9.17, 15) is 0 Å². The molecule has 0 aromatic carbocycles. The molecule has 0 atom stereocenters. The largest absolute Gasteiger partial charge is 0.353 e. The predicted molar refractivity (Wildman–Crippen MR) is 72.8 cm³/mol. The molecule has 90 valence electrons. The van der Waals surface area contributed by atoms with Crippen molar-refractivity contribution in [1.29, 1.82) is 0 Å². The molecule has 0 saturated carbocycles. The highest BCUT2D eigenvalue weighted by atomic mass is 32.2. The Morgan fingerprint density at radius 3 is 2.88 bits per heavy atom. The van der Waals surface area contributed by atoms with E-state index in [1.807, 2.05) is 26.3 Å². The molecule has 0 spiro atoms. The first-order valence-corrected chi connectivity index (χ1v) is 7.28. The van der Waals surface area contributed by atoms with Crippen LogP contribution < -0.4 is 4.90 Å². The minimum Gasteiger partial charge on any atom is -0.353 e. The SMILES string of the molecule is CSc1nccc(N(C)Cc2nc(C)cs2)n1. The van der Waals surface area contributed by atoms with Crippen molar-refractivity contribution in [2.75, 3.05) is 18.2 Å². The molecule has 2 heterocycles. The number of aromatic nitrogens is 3. The van der Waals surface area contributed by atoms with Crippen LogP contribution in [0.3, 0.4) is 0 Å². The van der Waals surface area contributed by atoms with Crippen molar-refractivity contribution in [2.24, 2.45) is 0 Å². The van der Waals surface area contributed by atoms with Gasteiger partial charge in [-0.3, -0.25) is 0 Å². The highest BCUT2D eigenvalue weighted by molar-refractivity contribution is 7.98. The monoisotopic (exact) mass is 266 g/mol. The Morgan fingerprint density at radius 1 is 1.41 bits per heavy atom. The molecule has 0 N–H and O–H groups in total. The zero-order valence-corrected chi connectivity index (χ0v) is 11.7. The highest BCUT2D eigenvalue weighted by Crippen LogP contribution is 2.17. The fourth-order valence-electron chi connectivity index (χ4n) is 1.40. The zero-order chi connectivity index (χ0) is 12.3. The lowest BCUT2D eigenvalue weighted by atomic mass is 10.5. The Bertz CT molecular complexity index is 498. The first-order valence-electron chi connectivity index (χ1n) is 5.18. The maximum Gasteiger partial charge on any atom is 0.189 e. The third kappa shape index (κ3) is 3.17. The summed E-state index contributed by atoms with van der Waals surface area (Å²) in [5.74, 6) is 0.928. The van der Waals surface area contributed by atoms with Crippen molar-refractivity contribution in [1.82, 2.24) is 15.0 Å². The Labute approximate surface area is 109 Å². The highest BCUT2D eigenvalue weighted by Gasteiger charge is 2.07. The Kier molecular flexibility index (Phi) is 3.96. The third-order valence-corrected chi connectivity index (χ3v) is 3.74. The predicted octanol–water partition coefficient (Wildman–Crippen LogP) is 2.60. The summed E-state index contributed by atoms with van der Waals surface area (Å²) in [5, 5.41) is 3.97. The van der Waals surface area contributed by atoms with Crippen LogP contribution in [0.2, 0.25) is 0 Å². The molecular weight excluding hydrogens is 252 g/mol. The molecule has 6 heteroatoms. The van der Waals surface area contributed by atoms with E-state index in [0.717, 1.165) is 28.2 Å². The van der Waals surface area contributed by atoms with E-state index < -0.39 is 0 Å². The summed E-state index contributed by atoms with van der Waals surface area (Å²) in [6, 6.07) is 1.92. The Hall–Kier alpha value is -1.14. The number of anilines is 1. The number of hydrogen-bond acceptors (Lipinski definition) is 6. The summed E-state index contributed by atoms with van der Waals surface area (Å²) >= 11 is 3.23. The normalized spacial score (nSPS) is 10.5. The third-order valence-electron chi connectivity index (χ3n) is 2.23. The van der Waals surface area contributed by atoms with Crippen LogP contribution >= 0.6 is 23.1 Å². The minimum absolute atomic E-state index is 0.781. The van der Waals surface area contributed by atoms with Crippen LogP contribution in [0.5, 0.6) is 0 Å². The summed E-state index contributed by atoms with van der Waals surface area (Å²) in [5.41, 5.74) is 1.07. The summed E-state index contributed by atoms with van der Waals surface area (Å²) in [7, 11) is 2.02. The molecule has 0 amide bonds. The van der Waals surface area contributed by atoms with Gasteiger partial charge in [0.2, 0.25) is 0 Å². The van der Waals surface area contributed by atoms with Gasteiger partial charge in [-0.2, -0.15) is 0 Å². The van der Waals surface area contributed by atoms with Crippen LogP contribution in [0.1, 0.15) is 10.7 Å². The lowest BCUT2D eigenvalue weighted by molar-refractivity contribution is 0.848. The number of aryl methyl sites for hydroxylation is 1. The van der Waals surface area contributed by atoms with Crippen molar-refractivity contribution in [2.45, 2.75) is 18.6 Å². The number of nitrogens with zero attached hydrogens (tertiary/aromatic N) is 4. The molecule has 2 aromatic rings. The van der Waals surface area contributed by atoms with Gasteiger partial charge in [0.25, 0.3) is 0 Å². The second-order valence-electron chi connectivity index (χ2n) is 3.64. The summed E-state index contributed by atoms with van der Waals surface area (Å²) < 4.78 is 0. The van der Waals surface area contributed by atoms with Crippen molar-refractivity contribution in [3.8, 4) is 0 Å². The van der Waals surface area contributed by atoms with Gasteiger partial charge in [0.15, 0.2) is 5.16 Å². The Morgan fingerprint density at radius 2 is 2.24 bits per heavy atom. The lowest BCUT2D eigenvalue weighted by Crippen LogP contribution is -2.17. The average Bonchev–Trinajstić information content (AvgIpc) is 2.75. The molecule has 0 unspecified atom stereocenters. The van der Waals surface area contributed by atoms with Crippen LogP contribution in [0.4, 0.5) is 5.82 Å². The maximum absolute atomic E-state index is 4.45. The second-order valence-corrected chi connectivity index (χ2v) is 5.36. The first kappa shape index (κ1) is 12.3. The minimum atomic E-state index is 0.781. The van der Waals surface area contributed by atoms with Gasteiger partial charge >= 0.3 is 0 Å². The van der Waals surface area contributed by atoms with E-state index in [1.54, 1.807) is 29.3 Å². The molecule has 2 rings (SSSR count). The molecule has 0 aliphatic rings. The summed E-state index contributed by atoms with van der Waals surface area (Å²) in [6.07, 6.45) is 3.76. The smallest absolute Gasteiger partial charge is 0.189 e. The van der Waals surface area contributed by atoms with Crippen LogP contribution in [0, 0.1) is 6.92 Å². The molecule has 4 nitrogen and oxygen atoms in total. The molecule has 0 bridgehead atoms. The van der Waals surface area contributed by atoms with Gasteiger partial charge in [0.1, 0.15) is 10.8 Å². The topological polar surface area (TPSA) is 41.9 Å². The average molecular weight is 266 g/mol. The second kappa shape index (κ2) is 5.46. The van der Waals surface area contributed by atoms with E-state index in [4.69, 9.17) is 0 Å². The summed E-state index contributed by atoms with van der Waals surface area (Å²) in [6.45, 7) is 2.79. The standard InChI is InChI=1S/C11H14N4S2/c1-8-7-17-10(13-8)6-15(2)9-4-5-12-11(14-9)16-3/h4-5,7H,6H2,1-3H3. The summed E-state index contributed by atoms with van der Waals surface area (Å²) in [4.78, 5) is 15.1. The first-order chi connectivity index (χ1) is 8.19. The van der Waals surface area contributed by atoms with E-state index in [-0.39, 0.29) is 0 Å². The quantitative estimate of drug-likeness (QED) is 0.628. The number of thiazole rings is 1. The molecule has 0 fully saturated rings. The van der Waals surface area contributed by atoms with Crippen molar-refractivity contribution in [3.05, 3.63) is 28.3 Å². The molecule has 17 heavy (non-hydrogen) atoms. The van der Waals surface area contributed by atoms with Gasteiger partial charge in [-0.1, -0.05) is 11.8 Å². The lowest BCUT2D eigenvalue weighted by Gasteiger charge is -2.16. The Balaban J connectivity index is 2.11. The van der Waals surface area contributed by atoms with Crippen LogP contribution in [0.25, 0.3) is 0 Å². The van der Waals surface area contributed by atoms with Crippen molar-refractivity contribution < 1.29 is 0 Å².